The predicted molar refractivity (Wildman–Crippen MR) is 85.2 cm³/mol. The van der Waals surface area contributed by atoms with Crippen LogP contribution in [-0.2, 0) is 0 Å². The van der Waals surface area contributed by atoms with Gasteiger partial charge in [0.2, 0.25) is 0 Å². The topological polar surface area (TPSA) is 43.3 Å². The zero-order chi connectivity index (χ0) is 13.7. The summed E-state index contributed by atoms with van der Waals surface area (Å²) < 4.78 is 3.21. The monoisotopic (exact) mass is 279 g/mol. The highest BCUT2D eigenvalue weighted by molar-refractivity contribution is 7.17. The van der Waals surface area contributed by atoms with Crippen LogP contribution in [-0.4, -0.2) is 9.38 Å². The van der Waals surface area contributed by atoms with Crippen molar-refractivity contribution in [2.45, 2.75) is 6.92 Å². The van der Waals surface area contributed by atoms with Gasteiger partial charge >= 0.3 is 0 Å². The number of nitrogens with two attached hydrogens (primary N) is 1. The van der Waals surface area contributed by atoms with Gasteiger partial charge in [0, 0.05) is 27.2 Å². The molecule has 0 aliphatic carbocycles. The quantitative estimate of drug-likeness (QED) is 0.570. The van der Waals surface area contributed by atoms with Crippen LogP contribution in [0.25, 0.3) is 27.0 Å². The van der Waals surface area contributed by atoms with Gasteiger partial charge in [-0.05, 0) is 24.6 Å². The SMILES string of the molecule is Cc1ccc2nc(-c3csc4ccccc34)c(N)n2c1. The Morgan fingerprint density at radius 3 is 2.90 bits per heavy atom. The molecule has 0 amide bonds. The number of hydrogen-bond acceptors (Lipinski definition) is 3. The maximum Gasteiger partial charge on any atom is 0.139 e. The molecule has 0 unspecified atom stereocenters. The van der Waals surface area contributed by atoms with Crippen LogP contribution in [0.4, 0.5) is 5.82 Å². The van der Waals surface area contributed by atoms with Crippen LogP contribution in [0.5, 0.6) is 0 Å². The van der Waals surface area contributed by atoms with Crippen LogP contribution in [0.15, 0.2) is 48.0 Å². The summed E-state index contributed by atoms with van der Waals surface area (Å²) in [6, 6.07) is 12.4. The van der Waals surface area contributed by atoms with E-state index in [-0.39, 0.29) is 0 Å². The number of anilines is 1. The van der Waals surface area contributed by atoms with Crippen LogP contribution in [0.2, 0.25) is 0 Å². The Balaban J connectivity index is 2.05. The number of nitrogen functional groups attached to an aromatic ring is 1. The van der Waals surface area contributed by atoms with Gasteiger partial charge in [-0.3, -0.25) is 4.40 Å². The molecule has 3 heterocycles. The van der Waals surface area contributed by atoms with Crippen molar-refractivity contribution < 1.29 is 0 Å². The number of thiophene rings is 1. The number of pyridine rings is 1. The van der Waals surface area contributed by atoms with Crippen LogP contribution >= 0.6 is 11.3 Å². The molecule has 20 heavy (non-hydrogen) atoms. The Labute approximate surface area is 120 Å². The molecule has 3 nitrogen and oxygen atoms in total. The Morgan fingerprint density at radius 2 is 2.00 bits per heavy atom. The Bertz CT molecular complexity index is 933. The van der Waals surface area contributed by atoms with E-state index in [4.69, 9.17) is 10.7 Å². The van der Waals surface area contributed by atoms with Gasteiger partial charge in [-0.25, -0.2) is 4.98 Å². The number of rotatable bonds is 1. The molecule has 0 spiro atoms. The van der Waals surface area contributed by atoms with E-state index in [2.05, 4.69) is 42.6 Å². The van der Waals surface area contributed by atoms with E-state index in [1.807, 2.05) is 16.7 Å². The summed E-state index contributed by atoms with van der Waals surface area (Å²) in [6.45, 7) is 2.05. The molecule has 4 rings (SSSR count). The minimum Gasteiger partial charge on any atom is -0.383 e. The number of benzene rings is 1. The van der Waals surface area contributed by atoms with Crippen LogP contribution in [0.1, 0.15) is 5.56 Å². The lowest BCUT2D eigenvalue weighted by molar-refractivity contribution is 1.16. The normalized spacial score (nSPS) is 11.4. The van der Waals surface area contributed by atoms with Gasteiger partial charge in [0.15, 0.2) is 0 Å². The van der Waals surface area contributed by atoms with Crippen molar-refractivity contribution in [3.63, 3.8) is 0 Å². The highest BCUT2D eigenvalue weighted by Crippen LogP contribution is 2.36. The Kier molecular flexibility index (Phi) is 2.35. The van der Waals surface area contributed by atoms with E-state index in [0.717, 1.165) is 16.9 Å². The summed E-state index contributed by atoms with van der Waals surface area (Å²) >= 11 is 1.73. The van der Waals surface area contributed by atoms with Gasteiger partial charge in [-0.15, -0.1) is 11.3 Å². The van der Waals surface area contributed by atoms with Crippen molar-refractivity contribution in [3.8, 4) is 11.3 Å². The maximum absolute atomic E-state index is 6.30. The molecule has 1 aromatic carbocycles. The second-order valence-electron chi connectivity index (χ2n) is 4.93. The number of fused-ring (bicyclic) bond motifs is 2. The molecular formula is C16H13N3S. The van der Waals surface area contributed by atoms with Gasteiger partial charge in [-0.1, -0.05) is 24.3 Å². The van der Waals surface area contributed by atoms with Crippen molar-refractivity contribution >= 4 is 32.9 Å². The first-order valence-corrected chi connectivity index (χ1v) is 7.33. The number of aromatic nitrogens is 2. The van der Waals surface area contributed by atoms with Gasteiger partial charge in [0.1, 0.15) is 17.2 Å². The average Bonchev–Trinajstić information content (AvgIpc) is 3.01. The molecule has 3 aromatic heterocycles. The summed E-state index contributed by atoms with van der Waals surface area (Å²) in [7, 11) is 0. The molecule has 4 aromatic rings. The van der Waals surface area contributed by atoms with Crippen molar-refractivity contribution in [2.24, 2.45) is 0 Å². The standard InChI is InChI=1S/C16H13N3S/c1-10-6-7-14-18-15(16(17)19(14)8-10)12-9-20-13-5-3-2-4-11(12)13/h2-9H,17H2,1H3. The molecule has 0 radical (unpaired) electrons. The smallest absolute Gasteiger partial charge is 0.139 e. The lowest BCUT2D eigenvalue weighted by Crippen LogP contribution is -1.94. The van der Waals surface area contributed by atoms with Gasteiger partial charge in [0.05, 0.1) is 0 Å². The molecule has 0 atom stereocenters. The molecule has 0 aliphatic heterocycles. The molecule has 2 N–H and O–H groups in total. The number of hydrogen-bond donors (Lipinski definition) is 1. The fraction of sp³-hybridized carbons (Fsp3) is 0.0625. The third kappa shape index (κ3) is 1.55. The van der Waals surface area contributed by atoms with Crippen molar-refractivity contribution in [1.82, 2.24) is 9.38 Å². The minimum atomic E-state index is 0.701. The summed E-state index contributed by atoms with van der Waals surface area (Å²) in [5.41, 5.74) is 10.3. The number of nitrogens with zero attached hydrogens (tertiary/aromatic N) is 2. The Hall–Kier alpha value is -2.33. The molecular weight excluding hydrogens is 266 g/mol. The fourth-order valence-corrected chi connectivity index (χ4v) is 3.47. The lowest BCUT2D eigenvalue weighted by Gasteiger charge is -1.99. The third-order valence-corrected chi connectivity index (χ3v) is 4.50. The second-order valence-corrected chi connectivity index (χ2v) is 5.84. The Morgan fingerprint density at radius 1 is 1.15 bits per heavy atom. The highest BCUT2D eigenvalue weighted by Gasteiger charge is 2.14. The first-order valence-electron chi connectivity index (χ1n) is 6.45. The van der Waals surface area contributed by atoms with Crippen LogP contribution < -0.4 is 5.73 Å². The third-order valence-electron chi connectivity index (χ3n) is 3.54. The van der Waals surface area contributed by atoms with E-state index in [9.17, 15) is 0 Å². The van der Waals surface area contributed by atoms with Crippen molar-refractivity contribution in [3.05, 3.63) is 53.5 Å². The van der Waals surface area contributed by atoms with Gasteiger partial charge in [-0.2, -0.15) is 0 Å². The van der Waals surface area contributed by atoms with Crippen molar-refractivity contribution in [1.29, 1.82) is 0 Å². The fourth-order valence-electron chi connectivity index (χ4n) is 2.53. The zero-order valence-corrected chi connectivity index (χ0v) is 11.8. The number of aryl methyl sites for hydroxylation is 1. The lowest BCUT2D eigenvalue weighted by atomic mass is 10.1. The molecule has 0 aliphatic rings. The molecule has 0 fully saturated rings. The number of imidazole rings is 1. The summed E-state index contributed by atoms with van der Waals surface area (Å²) in [6.07, 6.45) is 2.02. The van der Waals surface area contributed by atoms with E-state index in [1.54, 1.807) is 11.3 Å². The first-order chi connectivity index (χ1) is 9.74. The van der Waals surface area contributed by atoms with E-state index in [0.29, 0.717) is 5.82 Å². The average molecular weight is 279 g/mol. The zero-order valence-electron chi connectivity index (χ0n) is 11.0. The van der Waals surface area contributed by atoms with Crippen LogP contribution in [0, 0.1) is 6.92 Å². The van der Waals surface area contributed by atoms with E-state index < -0.39 is 0 Å². The van der Waals surface area contributed by atoms with Crippen molar-refractivity contribution in [2.75, 3.05) is 5.73 Å². The van der Waals surface area contributed by atoms with Gasteiger partial charge < -0.3 is 5.73 Å². The predicted octanol–water partition coefficient (Wildman–Crippen LogP) is 4.11. The summed E-state index contributed by atoms with van der Waals surface area (Å²) in [5, 5.41) is 3.35. The van der Waals surface area contributed by atoms with E-state index in [1.165, 1.54) is 15.6 Å². The first kappa shape index (κ1) is 11.5. The largest absolute Gasteiger partial charge is 0.383 e. The molecule has 0 saturated heterocycles. The summed E-state index contributed by atoms with van der Waals surface area (Å²) in [4.78, 5) is 4.69. The molecule has 98 valence electrons. The molecule has 0 bridgehead atoms. The minimum absolute atomic E-state index is 0.701. The highest BCUT2D eigenvalue weighted by atomic mass is 32.1. The van der Waals surface area contributed by atoms with E-state index >= 15 is 0 Å². The maximum atomic E-state index is 6.30. The second kappa shape index (κ2) is 4.08. The molecule has 4 heteroatoms. The van der Waals surface area contributed by atoms with Gasteiger partial charge in [0.25, 0.3) is 0 Å². The summed E-state index contributed by atoms with van der Waals surface area (Å²) in [5.74, 6) is 0.701. The molecule has 0 saturated carbocycles. The van der Waals surface area contributed by atoms with Crippen LogP contribution in [0.3, 0.4) is 0 Å².